The number of pyridine rings is 4. The number of nitrogens with one attached hydrogen (secondary N) is 1. The van der Waals surface area contributed by atoms with Gasteiger partial charge in [-0.15, -0.1) is 0 Å². The van der Waals surface area contributed by atoms with E-state index in [0.717, 1.165) is 94.3 Å². The van der Waals surface area contributed by atoms with Crippen molar-refractivity contribution in [2.45, 2.75) is 134 Å². The number of ether oxygens (including phenoxy) is 1. The van der Waals surface area contributed by atoms with E-state index in [2.05, 4.69) is 49.2 Å². The second kappa shape index (κ2) is 22.9. The fraction of sp³-hybridized carbons (Fsp3) is 0.429. The van der Waals surface area contributed by atoms with Gasteiger partial charge in [0.25, 0.3) is 11.1 Å². The third-order valence-electron chi connectivity index (χ3n) is 15.0. The number of aliphatic hydroxyl groups excluding tert-OH is 2. The van der Waals surface area contributed by atoms with Gasteiger partial charge in [0.1, 0.15) is 5.15 Å². The van der Waals surface area contributed by atoms with Crippen molar-refractivity contribution in [3.63, 3.8) is 0 Å². The van der Waals surface area contributed by atoms with Gasteiger partial charge in [-0.05, 0) is 117 Å². The Hall–Kier alpha value is -6.19. The van der Waals surface area contributed by atoms with E-state index < -0.39 is 12.2 Å². The molecule has 0 spiro atoms. The van der Waals surface area contributed by atoms with Crippen molar-refractivity contribution in [3.8, 4) is 5.88 Å². The Morgan fingerprint density at radius 1 is 0.620 bits per heavy atom. The standard InChI is InChI=1S/C24H24N4O3.C23H21ClN4O2.C9H19N/c1-31-22-7-6-15(12-26-22)10-16-11-18-23(17-8-9-25-13-19(16)17)27-14-28(24(18)30)20-4-2-3-5-21(20)29;24-21-6-5-14(11-26-21)9-15-10-17-22(16-7-8-25-12-18(15)16)27-13-28(23(17)30)19-3-1-2-4-20(19)29;1-3-8-6-4-5-7-9(8)10-2/h6-9,11-14,20-21,29H,2-5,10H2,1H3;5-8,10-13,19-20,29H,1-4,9H2;8-10H,3-7H2,1-2H3/t20-,21-;19-,20-;8-,9-/m001/s1. The lowest BCUT2D eigenvalue weighted by atomic mass is 9.83. The number of nitrogens with zero attached hydrogens (tertiary/aromatic N) is 8. The molecular formula is C56H64ClN9O5. The minimum absolute atomic E-state index is 0.108. The van der Waals surface area contributed by atoms with Gasteiger partial charge in [-0.3, -0.25) is 28.7 Å². The highest BCUT2D eigenvalue weighted by molar-refractivity contribution is 6.29. The summed E-state index contributed by atoms with van der Waals surface area (Å²) in [5, 5.41) is 29.6. The molecule has 0 unspecified atom stereocenters. The molecule has 0 saturated heterocycles. The summed E-state index contributed by atoms with van der Waals surface area (Å²) in [7, 11) is 3.68. The summed E-state index contributed by atoms with van der Waals surface area (Å²) in [6, 6.07) is 15.5. The maximum absolute atomic E-state index is 13.5. The van der Waals surface area contributed by atoms with Crippen LogP contribution in [0.2, 0.25) is 5.15 Å². The van der Waals surface area contributed by atoms with E-state index in [4.69, 9.17) is 16.3 Å². The lowest BCUT2D eigenvalue weighted by molar-refractivity contribution is 0.0733. The lowest BCUT2D eigenvalue weighted by Gasteiger charge is -2.30. The van der Waals surface area contributed by atoms with Crippen LogP contribution in [0.25, 0.3) is 43.4 Å². The molecule has 0 aliphatic heterocycles. The normalized spacial score (nSPS) is 21.3. The van der Waals surface area contributed by atoms with Gasteiger partial charge in [0.15, 0.2) is 0 Å². The Morgan fingerprint density at radius 3 is 1.58 bits per heavy atom. The molecule has 6 aromatic heterocycles. The molecule has 0 amide bonds. The first-order valence-corrected chi connectivity index (χ1v) is 25.7. The van der Waals surface area contributed by atoms with Gasteiger partial charge in [-0.1, -0.05) is 75.6 Å². The van der Waals surface area contributed by atoms with Crippen LogP contribution in [0.3, 0.4) is 0 Å². The molecule has 11 rings (SSSR count). The summed E-state index contributed by atoms with van der Waals surface area (Å²) >= 11 is 5.92. The Morgan fingerprint density at radius 2 is 1.13 bits per heavy atom. The van der Waals surface area contributed by atoms with Crippen LogP contribution >= 0.6 is 11.6 Å². The van der Waals surface area contributed by atoms with Gasteiger partial charge in [-0.25, -0.2) is 19.9 Å². The van der Waals surface area contributed by atoms with Crippen molar-refractivity contribution in [1.82, 2.24) is 44.4 Å². The molecule has 6 atom stereocenters. The first kappa shape index (κ1) is 49.8. The molecule has 370 valence electrons. The quantitative estimate of drug-likeness (QED) is 0.0921. The molecule has 0 radical (unpaired) electrons. The first-order chi connectivity index (χ1) is 34.6. The largest absolute Gasteiger partial charge is 0.481 e. The smallest absolute Gasteiger partial charge is 0.261 e. The highest BCUT2D eigenvalue weighted by Crippen LogP contribution is 2.33. The van der Waals surface area contributed by atoms with Crippen molar-refractivity contribution >= 4 is 55.0 Å². The summed E-state index contributed by atoms with van der Waals surface area (Å²) in [6.07, 6.45) is 28.0. The Labute approximate surface area is 418 Å². The maximum atomic E-state index is 13.5. The van der Waals surface area contributed by atoms with Crippen LogP contribution in [0.4, 0.5) is 0 Å². The van der Waals surface area contributed by atoms with Crippen molar-refractivity contribution in [2.24, 2.45) is 5.92 Å². The molecule has 6 heterocycles. The van der Waals surface area contributed by atoms with Crippen molar-refractivity contribution in [3.05, 3.63) is 146 Å². The summed E-state index contributed by atoms with van der Waals surface area (Å²) < 4.78 is 8.39. The van der Waals surface area contributed by atoms with Gasteiger partial charge in [0.05, 0.1) is 65.9 Å². The number of methoxy groups -OCH3 is 1. The number of aliphatic hydroxyl groups is 2. The van der Waals surface area contributed by atoms with Crippen LogP contribution in [0.5, 0.6) is 5.88 Å². The molecule has 3 fully saturated rings. The van der Waals surface area contributed by atoms with E-state index in [1.807, 2.05) is 54.9 Å². The van der Waals surface area contributed by atoms with Gasteiger partial charge in [0, 0.05) is 70.8 Å². The first-order valence-electron chi connectivity index (χ1n) is 25.3. The van der Waals surface area contributed by atoms with Gasteiger partial charge in [0.2, 0.25) is 5.88 Å². The van der Waals surface area contributed by atoms with Crippen molar-refractivity contribution < 1.29 is 14.9 Å². The fourth-order valence-electron chi connectivity index (χ4n) is 11.1. The predicted molar refractivity (Wildman–Crippen MR) is 280 cm³/mol. The third-order valence-corrected chi connectivity index (χ3v) is 15.3. The summed E-state index contributed by atoms with van der Waals surface area (Å²) in [5.41, 5.74) is 5.09. The predicted octanol–water partition coefficient (Wildman–Crippen LogP) is 9.65. The molecule has 14 nitrogen and oxygen atoms in total. The zero-order chi connectivity index (χ0) is 49.4. The Balaban J connectivity index is 0.000000148. The summed E-state index contributed by atoms with van der Waals surface area (Å²) in [5.74, 6) is 1.52. The average molecular weight is 979 g/mol. The van der Waals surface area contributed by atoms with Crippen molar-refractivity contribution in [1.29, 1.82) is 0 Å². The highest BCUT2D eigenvalue weighted by atomic mass is 35.5. The Bertz CT molecular complexity index is 3210. The number of rotatable bonds is 9. The highest BCUT2D eigenvalue weighted by Gasteiger charge is 2.28. The van der Waals surface area contributed by atoms with Crippen LogP contribution in [-0.4, -0.2) is 81.7 Å². The van der Waals surface area contributed by atoms with E-state index in [1.54, 1.807) is 59.8 Å². The van der Waals surface area contributed by atoms with Crippen LogP contribution in [-0.2, 0) is 12.8 Å². The van der Waals surface area contributed by atoms with E-state index >= 15 is 0 Å². The molecule has 0 bridgehead atoms. The van der Waals surface area contributed by atoms with E-state index in [0.29, 0.717) is 58.5 Å². The second-order valence-corrected chi connectivity index (χ2v) is 19.7. The van der Waals surface area contributed by atoms with Crippen LogP contribution in [0.15, 0.2) is 108 Å². The van der Waals surface area contributed by atoms with Crippen LogP contribution < -0.4 is 21.2 Å². The van der Waals surface area contributed by atoms with Gasteiger partial charge < -0.3 is 20.3 Å². The zero-order valence-corrected chi connectivity index (χ0v) is 41.6. The monoisotopic (exact) mass is 977 g/mol. The molecule has 2 aromatic carbocycles. The molecule has 8 aromatic rings. The van der Waals surface area contributed by atoms with E-state index in [1.165, 1.54) is 32.1 Å². The number of aromatic nitrogens is 8. The molecule has 3 saturated carbocycles. The number of hydrogen-bond acceptors (Lipinski definition) is 12. The minimum Gasteiger partial charge on any atom is -0.481 e. The number of fused-ring (bicyclic) bond motifs is 6. The fourth-order valence-corrected chi connectivity index (χ4v) is 11.2. The molecule has 15 heteroatoms. The van der Waals surface area contributed by atoms with Crippen LogP contribution in [0.1, 0.15) is 125 Å². The average Bonchev–Trinajstić information content (AvgIpc) is 3.41. The number of hydrogen-bond donors (Lipinski definition) is 3. The molecule has 3 N–H and O–H groups in total. The second-order valence-electron chi connectivity index (χ2n) is 19.4. The minimum atomic E-state index is -0.514. The SMILES string of the molecule is CC[C@@H]1CCCC[C@H]1NC.COc1ccc(Cc2cc3c(=O)n([C@H]4CCCC[C@@H]4O)cnc3c3ccncc23)cn1.O=c1c2cc(Cc3ccc(Cl)nc3)c3cnccc3c2ncn1[C@H]1CCCC[C@@H]1O. The van der Waals surface area contributed by atoms with Gasteiger partial charge >= 0.3 is 0 Å². The summed E-state index contributed by atoms with van der Waals surface area (Å²) in [6.45, 7) is 2.31. The zero-order valence-electron chi connectivity index (χ0n) is 40.9. The lowest BCUT2D eigenvalue weighted by Crippen LogP contribution is -2.35. The third kappa shape index (κ3) is 11.0. The maximum Gasteiger partial charge on any atom is 0.261 e. The Kier molecular flexibility index (Phi) is 16.1. The van der Waals surface area contributed by atoms with Gasteiger partial charge in [-0.2, -0.15) is 0 Å². The summed E-state index contributed by atoms with van der Waals surface area (Å²) in [4.78, 5) is 53.2. The van der Waals surface area contributed by atoms with E-state index in [-0.39, 0.29) is 23.2 Å². The molecule has 3 aliphatic rings. The molecular weight excluding hydrogens is 914 g/mol. The number of benzene rings is 2. The topological polar surface area (TPSA) is 183 Å². The van der Waals surface area contributed by atoms with E-state index in [9.17, 15) is 19.8 Å². The molecule has 71 heavy (non-hydrogen) atoms. The van der Waals surface area contributed by atoms with Crippen LogP contribution in [0, 0.1) is 5.92 Å². The van der Waals surface area contributed by atoms with Crippen molar-refractivity contribution in [2.75, 3.05) is 14.2 Å². The number of halogens is 1. The molecule has 3 aliphatic carbocycles.